The average Bonchev–Trinajstić information content (AvgIpc) is 3.39. The first-order chi connectivity index (χ1) is 14.7. The molecule has 1 amide bonds. The number of carbonyl (C=O) groups is 2. The lowest BCUT2D eigenvalue weighted by atomic mass is 10.1. The third kappa shape index (κ3) is 4.21. The van der Waals surface area contributed by atoms with E-state index in [9.17, 15) is 22.8 Å². The first-order valence-corrected chi connectivity index (χ1v) is 9.54. The van der Waals surface area contributed by atoms with Gasteiger partial charge < -0.3 is 10.7 Å². The molecular formula is C20H12F3N5O2S. The van der Waals surface area contributed by atoms with Gasteiger partial charge in [0.25, 0.3) is 0 Å². The fraction of sp³-hybridized carbons (Fsp3) is 0.0500. The van der Waals surface area contributed by atoms with Gasteiger partial charge in [-0.3, -0.25) is 9.59 Å². The summed E-state index contributed by atoms with van der Waals surface area (Å²) in [4.78, 5) is 37.8. The monoisotopic (exact) mass is 443 g/mol. The van der Waals surface area contributed by atoms with Crippen molar-refractivity contribution in [2.75, 3.05) is 0 Å². The average molecular weight is 443 g/mol. The minimum atomic E-state index is -4.54. The molecule has 31 heavy (non-hydrogen) atoms. The van der Waals surface area contributed by atoms with Gasteiger partial charge in [-0.1, -0.05) is 24.3 Å². The Morgan fingerprint density at radius 3 is 2.48 bits per heavy atom. The van der Waals surface area contributed by atoms with Gasteiger partial charge in [-0.15, -0.1) is 11.3 Å². The largest absolute Gasteiger partial charge is 0.427 e. The van der Waals surface area contributed by atoms with Crippen molar-refractivity contribution in [2.45, 2.75) is 6.18 Å². The number of nitrogens with one attached hydrogen (secondary N) is 1. The predicted molar refractivity (Wildman–Crippen MR) is 108 cm³/mol. The maximum absolute atomic E-state index is 12.7. The Morgan fingerprint density at radius 2 is 1.84 bits per heavy atom. The molecule has 1 aromatic carbocycles. The second-order valence-electron chi connectivity index (χ2n) is 6.37. The Bertz CT molecular complexity index is 1320. The van der Waals surface area contributed by atoms with Crippen LogP contribution in [0.2, 0.25) is 0 Å². The summed E-state index contributed by atoms with van der Waals surface area (Å²) in [5, 5.41) is -0.237. The standard InChI is InChI=1S/C20H12F3N5O2S/c21-20(22,23)14-9-27-19(31-14)17(30)11-3-1-10(2-4-11)13-8-26-18-16(28-13)12(7-25-18)5-6-15(24)29/h1-9H,(H2,24,29)(H,25,26). The number of aromatic nitrogens is 4. The number of thiazole rings is 1. The Balaban J connectivity index is 1.61. The number of halogens is 3. The molecule has 156 valence electrons. The molecule has 0 spiro atoms. The van der Waals surface area contributed by atoms with Crippen LogP contribution in [0.5, 0.6) is 0 Å². The molecule has 0 aliphatic carbocycles. The molecule has 0 atom stereocenters. The van der Waals surface area contributed by atoms with Gasteiger partial charge in [0.15, 0.2) is 10.7 Å². The van der Waals surface area contributed by atoms with Gasteiger partial charge >= 0.3 is 6.18 Å². The molecule has 0 radical (unpaired) electrons. The molecule has 4 aromatic rings. The number of alkyl halides is 3. The third-order valence-electron chi connectivity index (χ3n) is 4.26. The fourth-order valence-corrected chi connectivity index (χ4v) is 3.52. The molecule has 0 bridgehead atoms. The minimum absolute atomic E-state index is 0.201. The number of nitrogens with zero attached hydrogens (tertiary/aromatic N) is 3. The van der Waals surface area contributed by atoms with E-state index in [1.54, 1.807) is 18.3 Å². The summed E-state index contributed by atoms with van der Waals surface area (Å²) < 4.78 is 38.2. The van der Waals surface area contributed by atoms with Crippen LogP contribution in [0.3, 0.4) is 0 Å². The van der Waals surface area contributed by atoms with Crippen LogP contribution >= 0.6 is 11.3 Å². The smallest absolute Gasteiger partial charge is 0.366 e. The number of benzene rings is 1. The number of aromatic amines is 1. The van der Waals surface area contributed by atoms with E-state index in [-0.39, 0.29) is 10.6 Å². The number of H-pyrrole nitrogens is 1. The molecule has 3 heterocycles. The van der Waals surface area contributed by atoms with E-state index in [1.807, 2.05) is 0 Å². The summed E-state index contributed by atoms with van der Waals surface area (Å²) in [6.07, 6.45) is 2.01. The van der Waals surface area contributed by atoms with Crippen LogP contribution < -0.4 is 5.73 Å². The first-order valence-electron chi connectivity index (χ1n) is 8.72. The molecule has 3 aromatic heterocycles. The van der Waals surface area contributed by atoms with E-state index in [0.29, 0.717) is 45.5 Å². The van der Waals surface area contributed by atoms with Crippen molar-refractivity contribution in [2.24, 2.45) is 5.73 Å². The van der Waals surface area contributed by atoms with Gasteiger partial charge in [0.2, 0.25) is 11.7 Å². The maximum atomic E-state index is 12.7. The Hall–Kier alpha value is -3.86. The molecule has 0 fully saturated rings. The zero-order valence-electron chi connectivity index (χ0n) is 15.5. The van der Waals surface area contributed by atoms with Crippen molar-refractivity contribution in [3.8, 4) is 11.3 Å². The van der Waals surface area contributed by atoms with E-state index in [2.05, 4.69) is 19.9 Å². The summed E-state index contributed by atoms with van der Waals surface area (Å²) in [6.45, 7) is 0. The van der Waals surface area contributed by atoms with Crippen LogP contribution in [0.25, 0.3) is 28.5 Å². The normalized spacial score (nSPS) is 12.0. The Kier molecular flexibility index (Phi) is 5.11. The number of nitrogens with two attached hydrogens (primary N) is 1. The number of primary amides is 1. The molecule has 0 aliphatic heterocycles. The number of ketones is 1. The van der Waals surface area contributed by atoms with Gasteiger partial charge in [-0.05, 0) is 6.08 Å². The van der Waals surface area contributed by atoms with Crippen LogP contribution in [0.4, 0.5) is 13.2 Å². The number of amides is 1. The molecule has 11 heteroatoms. The second kappa shape index (κ2) is 7.76. The van der Waals surface area contributed by atoms with Crippen molar-refractivity contribution in [3.63, 3.8) is 0 Å². The summed E-state index contributed by atoms with van der Waals surface area (Å²) in [5.41, 5.74) is 8.14. The maximum Gasteiger partial charge on any atom is 0.427 e. The minimum Gasteiger partial charge on any atom is -0.366 e. The molecule has 4 rings (SSSR count). The van der Waals surface area contributed by atoms with Crippen molar-refractivity contribution >= 4 is 40.3 Å². The highest BCUT2D eigenvalue weighted by Gasteiger charge is 2.34. The zero-order chi connectivity index (χ0) is 22.2. The van der Waals surface area contributed by atoms with Crippen LogP contribution in [-0.2, 0) is 11.0 Å². The van der Waals surface area contributed by atoms with E-state index in [0.717, 1.165) is 0 Å². The van der Waals surface area contributed by atoms with Crippen molar-refractivity contribution in [1.82, 2.24) is 19.9 Å². The van der Waals surface area contributed by atoms with Gasteiger partial charge in [0.1, 0.15) is 10.4 Å². The number of carbonyl (C=O) groups excluding carboxylic acids is 2. The SMILES string of the molecule is NC(=O)C=Cc1c[nH]c2ncc(-c3ccc(C(=O)c4ncc(C(F)(F)F)s4)cc3)nc12. The highest BCUT2D eigenvalue weighted by Crippen LogP contribution is 2.34. The second-order valence-corrected chi connectivity index (χ2v) is 7.40. The predicted octanol–water partition coefficient (Wildman–Crippen LogP) is 3.83. The fourth-order valence-electron chi connectivity index (χ4n) is 2.77. The zero-order valence-corrected chi connectivity index (χ0v) is 16.3. The molecule has 0 aliphatic rings. The van der Waals surface area contributed by atoms with E-state index in [4.69, 9.17) is 5.73 Å². The van der Waals surface area contributed by atoms with Gasteiger partial charge in [0, 0.05) is 29.0 Å². The quantitative estimate of drug-likeness (QED) is 0.359. The van der Waals surface area contributed by atoms with Gasteiger partial charge in [0.05, 0.1) is 18.1 Å². The van der Waals surface area contributed by atoms with E-state index >= 15 is 0 Å². The van der Waals surface area contributed by atoms with E-state index in [1.165, 1.54) is 30.5 Å². The summed E-state index contributed by atoms with van der Waals surface area (Å²) in [7, 11) is 0. The molecular weight excluding hydrogens is 431 g/mol. The van der Waals surface area contributed by atoms with Crippen LogP contribution in [-0.4, -0.2) is 31.6 Å². The molecule has 3 N–H and O–H groups in total. The molecule has 0 saturated carbocycles. The third-order valence-corrected chi connectivity index (χ3v) is 5.30. The molecule has 0 saturated heterocycles. The number of rotatable bonds is 5. The highest BCUT2D eigenvalue weighted by atomic mass is 32.1. The number of hydrogen-bond donors (Lipinski definition) is 2. The Labute approximate surface area is 176 Å². The lowest BCUT2D eigenvalue weighted by Gasteiger charge is -2.03. The van der Waals surface area contributed by atoms with Crippen LogP contribution in [0.1, 0.15) is 25.8 Å². The van der Waals surface area contributed by atoms with Crippen LogP contribution in [0, 0.1) is 0 Å². The van der Waals surface area contributed by atoms with Crippen molar-refractivity contribution in [3.05, 3.63) is 69.9 Å². The molecule has 7 nitrogen and oxygen atoms in total. The summed E-state index contributed by atoms with van der Waals surface area (Å²) in [5.74, 6) is -1.19. The van der Waals surface area contributed by atoms with Crippen LogP contribution in [0.15, 0.2) is 48.9 Å². The van der Waals surface area contributed by atoms with Gasteiger partial charge in [-0.25, -0.2) is 15.0 Å². The van der Waals surface area contributed by atoms with E-state index < -0.39 is 22.7 Å². The summed E-state index contributed by atoms with van der Waals surface area (Å²) >= 11 is 0.303. The lowest BCUT2D eigenvalue weighted by Crippen LogP contribution is -2.05. The highest BCUT2D eigenvalue weighted by molar-refractivity contribution is 7.13. The van der Waals surface area contributed by atoms with Gasteiger partial charge in [-0.2, -0.15) is 13.2 Å². The summed E-state index contributed by atoms with van der Waals surface area (Å²) in [6, 6.07) is 6.21. The topological polar surface area (TPSA) is 115 Å². The lowest BCUT2D eigenvalue weighted by molar-refractivity contribution is -0.134. The number of hydrogen-bond acceptors (Lipinski definition) is 6. The van der Waals surface area contributed by atoms with Crippen molar-refractivity contribution in [1.29, 1.82) is 0 Å². The number of fused-ring (bicyclic) bond motifs is 1. The van der Waals surface area contributed by atoms with Crippen molar-refractivity contribution < 1.29 is 22.8 Å². The Morgan fingerprint density at radius 1 is 1.10 bits per heavy atom. The first kappa shape index (κ1) is 20.4. The molecule has 0 unspecified atom stereocenters.